The predicted molar refractivity (Wildman–Crippen MR) is 284 cm³/mol. The fraction of sp³-hybridized carbons (Fsp3) is 0.295. The van der Waals surface area contributed by atoms with E-state index >= 15 is 0 Å². The molecule has 7 aromatic rings. The summed E-state index contributed by atoms with van der Waals surface area (Å²) in [7, 11) is -4.23. The van der Waals surface area contributed by atoms with Crippen LogP contribution in [-0.4, -0.2) is 19.5 Å². The smallest absolute Gasteiger partial charge is 0.347 e. The number of benzene rings is 6. The molecule has 0 spiro atoms. The Morgan fingerprint density at radius 3 is 1.44 bits per heavy atom. The van der Waals surface area contributed by atoms with Gasteiger partial charge in [-0.3, -0.25) is 0 Å². The third-order valence-corrected chi connectivity index (χ3v) is 17.6. The molecule has 0 saturated carbocycles. The number of fused-ring (bicyclic) bond motifs is 6. The number of carbonyl (C=O) groups is 1. The van der Waals surface area contributed by atoms with Crippen LogP contribution < -0.4 is 4.90 Å². The van der Waals surface area contributed by atoms with Crippen LogP contribution in [0.1, 0.15) is 132 Å². The number of aliphatic carboxylic acids is 1. The van der Waals surface area contributed by atoms with E-state index in [2.05, 4.69) is 142 Å². The van der Waals surface area contributed by atoms with E-state index in [1.807, 2.05) is 6.07 Å². The van der Waals surface area contributed by atoms with E-state index in [-0.39, 0.29) is 15.7 Å². The number of nitrogens with zero attached hydrogens (tertiary/aromatic N) is 1. The van der Waals surface area contributed by atoms with E-state index in [0.29, 0.717) is 4.88 Å². The summed E-state index contributed by atoms with van der Waals surface area (Å²) >= 11 is 1.37. The van der Waals surface area contributed by atoms with E-state index in [1.165, 1.54) is 74.1 Å². The molecule has 5 nitrogen and oxygen atoms in total. The molecule has 2 aliphatic rings. The molecule has 0 saturated heterocycles. The average molecular weight is 938 g/mol. The molecule has 68 heavy (non-hydrogen) atoms. The van der Waals surface area contributed by atoms with Crippen LogP contribution in [0.4, 0.5) is 17.1 Å². The Labute approximate surface area is 408 Å². The highest BCUT2D eigenvalue weighted by Gasteiger charge is 2.44. The van der Waals surface area contributed by atoms with Crippen molar-refractivity contribution in [3.63, 3.8) is 0 Å². The molecule has 0 unspecified atom stereocenters. The maximum Gasteiger partial charge on any atom is 0.347 e. The van der Waals surface area contributed by atoms with E-state index in [4.69, 9.17) is 0 Å². The summed E-state index contributed by atoms with van der Waals surface area (Å²) in [6.07, 6.45) is 15.0. The third kappa shape index (κ3) is 8.47. The molecule has 348 valence electrons. The van der Waals surface area contributed by atoms with Crippen molar-refractivity contribution in [1.82, 2.24) is 0 Å². The van der Waals surface area contributed by atoms with Crippen molar-refractivity contribution >= 4 is 50.3 Å². The van der Waals surface area contributed by atoms with E-state index in [0.717, 1.165) is 105 Å². The van der Waals surface area contributed by atoms with Crippen molar-refractivity contribution < 1.29 is 18.3 Å². The minimum atomic E-state index is -4.23. The van der Waals surface area contributed by atoms with E-state index < -0.39 is 20.7 Å². The molecule has 0 fully saturated rings. The number of hydrogen-bond acceptors (Lipinski definition) is 5. The monoisotopic (exact) mass is 937 g/mol. The van der Waals surface area contributed by atoms with Crippen LogP contribution in [0.5, 0.6) is 0 Å². The van der Waals surface area contributed by atoms with Crippen LogP contribution in [0.15, 0.2) is 161 Å². The number of rotatable bonds is 20. The van der Waals surface area contributed by atoms with Gasteiger partial charge >= 0.3 is 5.97 Å². The van der Waals surface area contributed by atoms with Gasteiger partial charge in [0.05, 0.1) is 4.90 Å². The molecule has 9 rings (SSSR count). The summed E-state index contributed by atoms with van der Waals surface area (Å²) in [5.74, 6) is -1.49. The largest absolute Gasteiger partial charge is 0.477 e. The molecular weight excluding hydrogens is 875 g/mol. The first-order valence-corrected chi connectivity index (χ1v) is 27.1. The fourth-order valence-electron chi connectivity index (χ4n) is 11.3. The first-order chi connectivity index (χ1) is 33.1. The Hall–Kier alpha value is -6.02. The van der Waals surface area contributed by atoms with Gasteiger partial charge in [-0.25, -0.2) is 13.2 Å². The Kier molecular flexibility index (Phi) is 13.8. The van der Waals surface area contributed by atoms with Crippen LogP contribution >= 0.6 is 11.3 Å². The van der Waals surface area contributed by atoms with Crippen molar-refractivity contribution in [3.05, 3.63) is 184 Å². The van der Waals surface area contributed by atoms with Crippen molar-refractivity contribution in [2.75, 3.05) is 4.90 Å². The number of carboxylic acids is 1. The second-order valence-corrected chi connectivity index (χ2v) is 21.9. The van der Waals surface area contributed by atoms with Gasteiger partial charge in [-0.15, -0.1) is 11.3 Å². The number of thiophene rings is 1. The van der Waals surface area contributed by atoms with Gasteiger partial charge in [0.15, 0.2) is 4.91 Å². The standard InChI is InChI=1S/C61H63NO4S2/c1-5-9-36-60(37-10-6-2)53-24-18-16-22-49(53)51-33-30-45(40-55(51)60)62(46-31-34-52-50-23-17-19-25-54(50)61(38-11-7-3,39-12-8-4)56(52)41-46)44-28-26-43(27-29-44)57-35-32-47(67-57)42-58(59(63)64)68(65,66)48-20-14-13-15-21-48/h13-35,40-42H,5-12,36-39H2,1-4H3,(H,63,64)/b58-42-. The molecule has 0 bridgehead atoms. The van der Waals surface area contributed by atoms with Crippen LogP contribution in [0, 0.1) is 0 Å². The summed E-state index contributed by atoms with van der Waals surface area (Å²) in [6.45, 7) is 9.23. The van der Waals surface area contributed by atoms with Gasteiger partial charge in [0.1, 0.15) is 0 Å². The number of sulfone groups is 1. The summed E-state index contributed by atoms with van der Waals surface area (Å²) in [6, 6.07) is 52.8. The fourth-order valence-corrected chi connectivity index (χ4v) is 13.6. The average Bonchev–Trinajstić information content (AvgIpc) is 4.03. The summed E-state index contributed by atoms with van der Waals surface area (Å²) < 4.78 is 26.9. The molecular formula is C61H63NO4S2. The van der Waals surface area contributed by atoms with Crippen LogP contribution in [0.2, 0.25) is 0 Å². The number of carboxylic acid groups (broad SMARTS) is 1. The molecule has 0 radical (unpaired) electrons. The number of anilines is 3. The minimum Gasteiger partial charge on any atom is -0.477 e. The Morgan fingerprint density at radius 2 is 0.971 bits per heavy atom. The summed E-state index contributed by atoms with van der Waals surface area (Å²) in [5, 5.41) is 10.1. The Morgan fingerprint density at radius 1 is 0.529 bits per heavy atom. The lowest BCUT2D eigenvalue weighted by molar-refractivity contribution is -0.131. The molecule has 1 N–H and O–H groups in total. The molecule has 0 aliphatic heterocycles. The van der Waals surface area contributed by atoms with Gasteiger partial charge in [-0.1, -0.05) is 170 Å². The van der Waals surface area contributed by atoms with Crippen molar-refractivity contribution in [1.29, 1.82) is 0 Å². The highest BCUT2D eigenvalue weighted by molar-refractivity contribution is 7.96. The predicted octanol–water partition coefficient (Wildman–Crippen LogP) is 17.1. The second kappa shape index (κ2) is 19.9. The van der Waals surface area contributed by atoms with Crippen LogP contribution in [-0.2, 0) is 25.5 Å². The summed E-state index contributed by atoms with van der Waals surface area (Å²) in [5.41, 5.74) is 15.4. The molecule has 1 aromatic heterocycles. The van der Waals surface area contributed by atoms with Gasteiger partial charge in [0, 0.05) is 37.6 Å². The maximum absolute atomic E-state index is 13.4. The first-order valence-electron chi connectivity index (χ1n) is 24.8. The van der Waals surface area contributed by atoms with E-state index in [1.54, 1.807) is 24.3 Å². The topological polar surface area (TPSA) is 74.7 Å². The zero-order valence-electron chi connectivity index (χ0n) is 39.9. The minimum absolute atomic E-state index is 0.0494. The second-order valence-electron chi connectivity index (χ2n) is 18.8. The lowest BCUT2D eigenvalue weighted by Gasteiger charge is -2.35. The normalized spacial score (nSPS) is 14.3. The van der Waals surface area contributed by atoms with E-state index in [9.17, 15) is 18.3 Å². The SMILES string of the molecule is CCCCC1(CCCC)c2ccccc2-c2ccc(N(c3ccc(-c4ccc(/C=C(/C(=O)O)S(=O)(=O)c5ccccc5)s4)cc3)c3ccc4c(c3)C(CCCC)(CCCC)c3ccccc3-4)cc21. The van der Waals surface area contributed by atoms with Crippen LogP contribution in [0.25, 0.3) is 38.8 Å². The molecule has 0 atom stereocenters. The van der Waals surface area contributed by atoms with Gasteiger partial charge in [-0.2, -0.15) is 0 Å². The number of unbranched alkanes of at least 4 members (excludes halogenated alkanes) is 4. The summed E-state index contributed by atoms with van der Waals surface area (Å²) in [4.78, 5) is 15.6. The quantitative estimate of drug-likeness (QED) is 0.0771. The zero-order chi connectivity index (χ0) is 47.5. The lowest BCUT2D eigenvalue weighted by atomic mass is 9.70. The maximum atomic E-state index is 13.4. The molecule has 2 aliphatic carbocycles. The molecule has 7 heteroatoms. The lowest BCUT2D eigenvalue weighted by Crippen LogP contribution is -2.26. The molecule has 6 aromatic carbocycles. The van der Waals surface area contributed by atoms with Gasteiger partial charge in [0.2, 0.25) is 9.84 Å². The third-order valence-electron chi connectivity index (χ3n) is 14.7. The van der Waals surface area contributed by atoms with Crippen molar-refractivity contribution in [2.45, 2.75) is 120 Å². The molecule has 1 heterocycles. The van der Waals surface area contributed by atoms with Gasteiger partial charge in [-0.05, 0) is 142 Å². The van der Waals surface area contributed by atoms with Gasteiger partial charge < -0.3 is 10.0 Å². The molecule has 0 amide bonds. The number of hydrogen-bond donors (Lipinski definition) is 1. The van der Waals surface area contributed by atoms with Gasteiger partial charge in [0.25, 0.3) is 0 Å². The van der Waals surface area contributed by atoms with Crippen molar-refractivity contribution in [3.8, 4) is 32.7 Å². The Bertz CT molecular complexity index is 2940. The highest BCUT2D eigenvalue weighted by Crippen LogP contribution is 2.58. The highest BCUT2D eigenvalue weighted by atomic mass is 32.2. The van der Waals surface area contributed by atoms with Crippen LogP contribution in [0.3, 0.4) is 0 Å². The Balaban J connectivity index is 1.18. The van der Waals surface area contributed by atoms with Crippen molar-refractivity contribution in [2.24, 2.45) is 0 Å². The zero-order valence-corrected chi connectivity index (χ0v) is 41.6. The first kappa shape index (κ1) is 47.1.